The Bertz CT molecular complexity index is 575. The normalized spacial score (nSPS) is 14.9. The molecular formula is C24H38O6. The van der Waals surface area contributed by atoms with E-state index in [0.717, 1.165) is 38.5 Å². The topological polar surface area (TPSA) is 93.1 Å². The molecule has 1 aliphatic rings. The Morgan fingerprint density at radius 1 is 0.833 bits per heavy atom. The fraction of sp³-hybridized carbons (Fsp3) is 0.667. The van der Waals surface area contributed by atoms with Crippen molar-refractivity contribution in [3.8, 4) is 0 Å². The number of ether oxygens (including phenoxy) is 2. The molecule has 1 aromatic carbocycles. The summed E-state index contributed by atoms with van der Waals surface area (Å²) in [6, 6.07) is 6.59. The minimum Gasteiger partial charge on any atom is -0.462 e. The molecule has 2 rings (SSSR count). The zero-order chi connectivity index (χ0) is 22.2. The molecule has 1 fully saturated rings. The van der Waals surface area contributed by atoms with Gasteiger partial charge in [0.05, 0.1) is 37.6 Å². The quantitative estimate of drug-likeness (QED) is 0.425. The molecule has 170 valence electrons. The molecule has 0 heterocycles. The van der Waals surface area contributed by atoms with Crippen molar-refractivity contribution in [2.24, 2.45) is 5.41 Å². The highest BCUT2D eigenvalue weighted by molar-refractivity contribution is 6.03. The molecule has 1 aromatic rings. The molecule has 0 radical (unpaired) electrons. The lowest BCUT2D eigenvalue weighted by atomic mass is 9.75. The van der Waals surface area contributed by atoms with Crippen LogP contribution in [0.4, 0.5) is 0 Å². The van der Waals surface area contributed by atoms with Crippen molar-refractivity contribution in [2.75, 3.05) is 26.4 Å². The molecule has 0 saturated heterocycles. The van der Waals surface area contributed by atoms with E-state index in [0.29, 0.717) is 13.2 Å². The van der Waals surface area contributed by atoms with Gasteiger partial charge in [-0.15, -0.1) is 0 Å². The molecule has 30 heavy (non-hydrogen) atoms. The van der Waals surface area contributed by atoms with Crippen molar-refractivity contribution in [3.63, 3.8) is 0 Å². The van der Waals surface area contributed by atoms with Gasteiger partial charge >= 0.3 is 11.9 Å². The van der Waals surface area contributed by atoms with Gasteiger partial charge in [-0.05, 0) is 37.8 Å². The van der Waals surface area contributed by atoms with Crippen molar-refractivity contribution in [2.45, 2.75) is 71.6 Å². The second kappa shape index (κ2) is 15.0. The highest BCUT2D eigenvalue weighted by Crippen LogP contribution is 2.34. The third-order valence-corrected chi connectivity index (χ3v) is 5.41. The zero-order valence-electron chi connectivity index (χ0n) is 18.5. The molecule has 2 N–H and O–H groups in total. The number of aliphatic hydroxyl groups is 2. The first-order chi connectivity index (χ1) is 14.5. The monoisotopic (exact) mass is 422 g/mol. The van der Waals surface area contributed by atoms with Crippen LogP contribution in [-0.4, -0.2) is 48.6 Å². The SMILES string of the molecule is CCCCOC(=O)c1ccccc1C(=O)OCCCC.OCC1(CO)CCCCC1. The van der Waals surface area contributed by atoms with Gasteiger partial charge in [-0.3, -0.25) is 0 Å². The maximum atomic E-state index is 11.9. The first kappa shape index (κ1) is 26.1. The highest BCUT2D eigenvalue weighted by Gasteiger charge is 2.30. The predicted octanol–water partition coefficient (Wildman–Crippen LogP) is 4.52. The molecule has 0 atom stereocenters. The molecule has 0 bridgehead atoms. The van der Waals surface area contributed by atoms with Gasteiger partial charge in [-0.25, -0.2) is 9.59 Å². The maximum Gasteiger partial charge on any atom is 0.339 e. The van der Waals surface area contributed by atoms with Crippen LogP contribution in [0.15, 0.2) is 24.3 Å². The van der Waals surface area contributed by atoms with Crippen LogP contribution in [0, 0.1) is 5.41 Å². The summed E-state index contributed by atoms with van der Waals surface area (Å²) in [6.07, 6.45) is 9.13. The van der Waals surface area contributed by atoms with Gasteiger partial charge in [0.2, 0.25) is 0 Å². The van der Waals surface area contributed by atoms with E-state index in [1.54, 1.807) is 24.3 Å². The number of unbranched alkanes of at least 4 members (excludes halogenated alkanes) is 2. The number of rotatable bonds is 10. The van der Waals surface area contributed by atoms with Crippen molar-refractivity contribution in [1.29, 1.82) is 0 Å². The van der Waals surface area contributed by atoms with Gasteiger partial charge in [0.15, 0.2) is 0 Å². The van der Waals surface area contributed by atoms with Crippen LogP contribution >= 0.6 is 0 Å². The first-order valence-electron chi connectivity index (χ1n) is 11.2. The van der Waals surface area contributed by atoms with Crippen LogP contribution in [0.2, 0.25) is 0 Å². The molecule has 1 aliphatic carbocycles. The van der Waals surface area contributed by atoms with E-state index < -0.39 is 11.9 Å². The Kier molecular flexibility index (Phi) is 13.0. The second-order valence-corrected chi connectivity index (χ2v) is 7.90. The predicted molar refractivity (Wildman–Crippen MR) is 117 cm³/mol. The summed E-state index contributed by atoms with van der Waals surface area (Å²) in [6.45, 7) is 5.09. The van der Waals surface area contributed by atoms with Crippen LogP contribution in [0.3, 0.4) is 0 Å². The Balaban J connectivity index is 0.000000375. The van der Waals surface area contributed by atoms with Gasteiger partial charge in [-0.1, -0.05) is 58.1 Å². The van der Waals surface area contributed by atoms with E-state index in [1.165, 1.54) is 19.3 Å². The summed E-state index contributed by atoms with van der Waals surface area (Å²) in [7, 11) is 0. The molecule has 1 saturated carbocycles. The fourth-order valence-corrected chi connectivity index (χ4v) is 3.28. The van der Waals surface area contributed by atoms with E-state index >= 15 is 0 Å². The molecule has 0 unspecified atom stereocenters. The van der Waals surface area contributed by atoms with Gasteiger partial charge in [0.25, 0.3) is 0 Å². The molecule has 6 nitrogen and oxygen atoms in total. The number of hydrogen-bond acceptors (Lipinski definition) is 6. The Morgan fingerprint density at radius 3 is 1.60 bits per heavy atom. The Labute approximate surface area is 180 Å². The first-order valence-corrected chi connectivity index (χ1v) is 11.2. The molecule has 0 aliphatic heterocycles. The van der Waals surface area contributed by atoms with Gasteiger partial charge < -0.3 is 19.7 Å². The van der Waals surface area contributed by atoms with E-state index in [1.807, 2.05) is 13.8 Å². The van der Waals surface area contributed by atoms with Gasteiger partial charge in [0, 0.05) is 5.41 Å². The summed E-state index contributed by atoms with van der Waals surface area (Å²) in [5.74, 6) is -0.942. The van der Waals surface area contributed by atoms with E-state index in [-0.39, 0.29) is 29.8 Å². The summed E-state index contributed by atoms with van der Waals surface area (Å²) >= 11 is 0. The summed E-state index contributed by atoms with van der Waals surface area (Å²) in [5, 5.41) is 18.0. The Morgan fingerprint density at radius 2 is 1.27 bits per heavy atom. The van der Waals surface area contributed by atoms with Crippen molar-refractivity contribution in [1.82, 2.24) is 0 Å². The zero-order valence-corrected chi connectivity index (χ0v) is 18.5. The third kappa shape index (κ3) is 8.84. The number of hydrogen-bond donors (Lipinski definition) is 2. The van der Waals surface area contributed by atoms with E-state index in [9.17, 15) is 9.59 Å². The molecule has 0 aromatic heterocycles. The lowest BCUT2D eigenvalue weighted by Crippen LogP contribution is -2.31. The summed E-state index contributed by atoms with van der Waals surface area (Å²) in [5.41, 5.74) is 0.410. The lowest BCUT2D eigenvalue weighted by molar-refractivity contribution is 0.0234. The van der Waals surface area contributed by atoms with Crippen molar-refractivity contribution in [3.05, 3.63) is 35.4 Å². The van der Waals surface area contributed by atoms with Gasteiger partial charge in [-0.2, -0.15) is 0 Å². The van der Waals surface area contributed by atoms with E-state index in [2.05, 4.69) is 0 Å². The standard InChI is InChI=1S/C16H22O4.C8H16O2/c1-3-5-11-19-15(17)13-9-7-8-10-14(13)16(18)20-12-6-4-2;9-6-8(7-10)4-2-1-3-5-8/h7-10H,3-6,11-12H2,1-2H3;9-10H,1-7H2. The summed E-state index contributed by atoms with van der Waals surface area (Å²) < 4.78 is 10.3. The number of esters is 2. The average molecular weight is 423 g/mol. The third-order valence-electron chi connectivity index (χ3n) is 5.41. The smallest absolute Gasteiger partial charge is 0.339 e. The maximum absolute atomic E-state index is 11.9. The Hall–Kier alpha value is -1.92. The van der Waals surface area contributed by atoms with Crippen LogP contribution in [0.5, 0.6) is 0 Å². The number of aliphatic hydroxyl groups excluding tert-OH is 2. The van der Waals surface area contributed by atoms with Crippen molar-refractivity contribution >= 4 is 11.9 Å². The molecular weight excluding hydrogens is 384 g/mol. The number of benzene rings is 1. The molecule has 0 amide bonds. The van der Waals surface area contributed by atoms with E-state index in [4.69, 9.17) is 19.7 Å². The number of carbonyl (C=O) groups excluding carboxylic acids is 2. The van der Waals surface area contributed by atoms with Crippen molar-refractivity contribution < 1.29 is 29.3 Å². The van der Waals surface area contributed by atoms with Crippen LogP contribution in [0.25, 0.3) is 0 Å². The summed E-state index contributed by atoms with van der Waals surface area (Å²) in [4.78, 5) is 23.9. The fourth-order valence-electron chi connectivity index (χ4n) is 3.28. The van der Waals surface area contributed by atoms with Crippen LogP contribution < -0.4 is 0 Å². The lowest BCUT2D eigenvalue weighted by Gasteiger charge is -2.33. The molecule has 6 heteroatoms. The van der Waals surface area contributed by atoms with Crippen LogP contribution in [0.1, 0.15) is 92.4 Å². The van der Waals surface area contributed by atoms with Crippen LogP contribution in [-0.2, 0) is 9.47 Å². The average Bonchev–Trinajstić information content (AvgIpc) is 2.80. The minimum atomic E-state index is -0.471. The number of carbonyl (C=O) groups is 2. The molecule has 0 spiro atoms. The largest absolute Gasteiger partial charge is 0.462 e. The van der Waals surface area contributed by atoms with Gasteiger partial charge in [0.1, 0.15) is 0 Å². The highest BCUT2D eigenvalue weighted by atomic mass is 16.5. The minimum absolute atomic E-state index is 0.127. The second-order valence-electron chi connectivity index (χ2n) is 7.90.